The maximum absolute atomic E-state index is 11.5. The standard InChI is InChI=1S/C43H64O5Si3/c1-12-43(48-50(13-2,14-3)15-4,41(34-37(44)30-33-49(9,10)11)46-35-36-26-28-38(45-8)29-27-36)31-32-47-51(42(5,6)7,39-22-18-16-19-23-39)40-24-20-17-21-25-40/h12,16-29,37,41,44H,1,13-15,31-32,34-35H2,2-11H3/t37-,41+,43-/m0/s1. The van der Waals surface area contributed by atoms with E-state index in [1.807, 2.05) is 30.3 Å². The van der Waals surface area contributed by atoms with Gasteiger partial charge in [0.15, 0.2) is 8.32 Å². The molecule has 0 bridgehead atoms. The first-order valence-electron chi connectivity index (χ1n) is 18.7. The average molecular weight is 745 g/mol. The van der Waals surface area contributed by atoms with Gasteiger partial charge in [-0.3, -0.25) is 0 Å². The highest BCUT2D eigenvalue weighted by Gasteiger charge is 2.51. The Morgan fingerprint density at radius 2 is 1.35 bits per heavy atom. The van der Waals surface area contributed by atoms with Gasteiger partial charge in [-0.25, -0.2) is 0 Å². The number of methoxy groups -OCH3 is 1. The lowest BCUT2D eigenvalue weighted by atomic mass is 9.89. The second-order valence-electron chi connectivity index (χ2n) is 15.7. The van der Waals surface area contributed by atoms with Crippen molar-refractivity contribution >= 4 is 35.1 Å². The summed E-state index contributed by atoms with van der Waals surface area (Å²) in [6.45, 7) is 25.4. The van der Waals surface area contributed by atoms with E-state index in [2.05, 4.69) is 140 Å². The smallest absolute Gasteiger partial charge is 0.261 e. The quantitative estimate of drug-likeness (QED) is 0.0754. The molecule has 0 aliphatic heterocycles. The molecule has 3 aromatic rings. The van der Waals surface area contributed by atoms with Crippen molar-refractivity contribution in [1.29, 1.82) is 0 Å². The Morgan fingerprint density at radius 1 is 0.824 bits per heavy atom. The van der Waals surface area contributed by atoms with E-state index in [-0.39, 0.29) is 5.04 Å². The predicted molar refractivity (Wildman–Crippen MR) is 223 cm³/mol. The topological polar surface area (TPSA) is 57.2 Å². The summed E-state index contributed by atoms with van der Waals surface area (Å²) >= 11 is 0. The Labute approximate surface area is 313 Å². The first-order valence-corrected chi connectivity index (χ1v) is 26.6. The molecule has 0 aliphatic rings. The lowest BCUT2D eigenvalue weighted by molar-refractivity contribution is -0.0997. The first kappa shape index (κ1) is 42.7. The zero-order chi connectivity index (χ0) is 37.8. The van der Waals surface area contributed by atoms with Crippen LogP contribution in [0.25, 0.3) is 0 Å². The van der Waals surface area contributed by atoms with Crippen LogP contribution in [0.5, 0.6) is 5.75 Å². The van der Waals surface area contributed by atoms with Crippen molar-refractivity contribution in [2.75, 3.05) is 13.7 Å². The van der Waals surface area contributed by atoms with Crippen molar-refractivity contribution < 1.29 is 23.4 Å². The summed E-state index contributed by atoms with van der Waals surface area (Å²) in [6.07, 6.45) is 1.36. The van der Waals surface area contributed by atoms with E-state index in [1.54, 1.807) is 7.11 Å². The largest absolute Gasteiger partial charge is 0.497 e. The molecule has 0 spiro atoms. The minimum absolute atomic E-state index is 0.172. The molecule has 5 nitrogen and oxygen atoms in total. The Balaban J connectivity index is 2.15. The SMILES string of the molecule is C=C[C@@](CCO[Si](c1ccccc1)(c1ccccc1)C(C)(C)C)(O[Si](CC)(CC)CC)[C@@H](C[C@@H](O)C#C[Si](C)(C)C)OCc1ccc(OC)cc1. The van der Waals surface area contributed by atoms with Gasteiger partial charge in [-0.05, 0) is 51.2 Å². The van der Waals surface area contributed by atoms with Crippen molar-refractivity contribution in [2.45, 2.75) is 122 Å². The lowest BCUT2D eigenvalue weighted by Crippen LogP contribution is -2.67. The molecule has 1 N–H and O–H groups in total. The van der Waals surface area contributed by atoms with Crippen LogP contribution in [0.15, 0.2) is 97.6 Å². The number of hydrogen-bond donors (Lipinski definition) is 1. The summed E-state index contributed by atoms with van der Waals surface area (Å²) in [5.74, 6) is 3.97. The van der Waals surface area contributed by atoms with Crippen LogP contribution in [0.3, 0.4) is 0 Å². The van der Waals surface area contributed by atoms with Crippen molar-refractivity contribution in [3.63, 3.8) is 0 Å². The van der Waals surface area contributed by atoms with Gasteiger partial charge in [-0.1, -0.05) is 146 Å². The number of rotatable bonds is 19. The maximum atomic E-state index is 11.5. The zero-order valence-corrected chi connectivity index (χ0v) is 36.1. The molecular formula is C43H64O5Si3. The zero-order valence-electron chi connectivity index (χ0n) is 33.1. The van der Waals surface area contributed by atoms with Gasteiger partial charge in [0.25, 0.3) is 8.32 Å². The number of benzene rings is 3. The Morgan fingerprint density at radius 3 is 1.78 bits per heavy atom. The summed E-state index contributed by atoms with van der Waals surface area (Å²) in [6, 6.07) is 32.3. The van der Waals surface area contributed by atoms with Gasteiger partial charge in [0.1, 0.15) is 25.5 Å². The number of aliphatic hydroxyl groups is 1. The van der Waals surface area contributed by atoms with Gasteiger partial charge in [-0.15, -0.1) is 12.1 Å². The molecule has 0 saturated heterocycles. The van der Waals surface area contributed by atoms with Crippen molar-refractivity contribution in [1.82, 2.24) is 0 Å². The van der Waals surface area contributed by atoms with Gasteiger partial charge in [0, 0.05) is 19.4 Å². The van der Waals surface area contributed by atoms with Crippen LogP contribution in [-0.2, 0) is 20.2 Å². The minimum Gasteiger partial charge on any atom is -0.497 e. The molecule has 3 atom stereocenters. The molecule has 0 radical (unpaired) electrons. The van der Waals surface area contributed by atoms with Crippen molar-refractivity contribution in [3.8, 4) is 17.2 Å². The Kier molecular flexibility index (Phi) is 15.8. The van der Waals surface area contributed by atoms with Gasteiger partial charge in [0.2, 0.25) is 0 Å². The highest BCUT2D eigenvalue weighted by atomic mass is 28.4. The van der Waals surface area contributed by atoms with Gasteiger partial charge < -0.3 is 23.4 Å². The fourth-order valence-electron chi connectivity index (χ4n) is 6.94. The van der Waals surface area contributed by atoms with E-state index in [9.17, 15) is 5.11 Å². The van der Waals surface area contributed by atoms with Gasteiger partial charge in [-0.2, -0.15) is 0 Å². The predicted octanol–water partition coefficient (Wildman–Crippen LogP) is 9.13. The molecule has 0 unspecified atom stereocenters. The second kappa shape index (κ2) is 18.8. The summed E-state index contributed by atoms with van der Waals surface area (Å²) in [5, 5.41) is 13.8. The van der Waals surface area contributed by atoms with Crippen LogP contribution in [0, 0.1) is 11.5 Å². The number of ether oxygens (including phenoxy) is 2. The fraction of sp³-hybridized carbons (Fsp3) is 0.488. The number of hydrogen-bond acceptors (Lipinski definition) is 5. The summed E-state index contributed by atoms with van der Waals surface area (Å²) in [5.41, 5.74) is 3.46. The molecule has 3 aromatic carbocycles. The van der Waals surface area contributed by atoms with Crippen LogP contribution in [0.1, 0.15) is 59.9 Å². The van der Waals surface area contributed by atoms with Crippen molar-refractivity contribution in [3.05, 3.63) is 103 Å². The van der Waals surface area contributed by atoms with E-state index in [0.717, 1.165) is 29.4 Å². The van der Waals surface area contributed by atoms with Gasteiger partial charge >= 0.3 is 0 Å². The van der Waals surface area contributed by atoms with Crippen LogP contribution < -0.4 is 15.1 Å². The Hall–Kier alpha value is -2.75. The monoisotopic (exact) mass is 744 g/mol. The highest BCUT2D eigenvalue weighted by molar-refractivity contribution is 6.99. The van der Waals surface area contributed by atoms with Crippen LogP contribution in [0.2, 0.25) is 42.8 Å². The normalized spacial score (nSPS) is 14.9. The molecule has 3 rings (SSSR count). The molecule has 0 heterocycles. The Bertz CT molecular complexity index is 1490. The first-order chi connectivity index (χ1) is 24.1. The van der Waals surface area contributed by atoms with Gasteiger partial charge in [0.05, 0.1) is 19.8 Å². The highest BCUT2D eigenvalue weighted by Crippen LogP contribution is 2.40. The van der Waals surface area contributed by atoms with E-state index < -0.39 is 42.5 Å². The summed E-state index contributed by atoms with van der Waals surface area (Å²) < 4.78 is 27.3. The van der Waals surface area contributed by atoms with Crippen LogP contribution in [0.4, 0.5) is 0 Å². The van der Waals surface area contributed by atoms with E-state index >= 15 is 0 Å². The summed E-state index contributed by atoms with van der Waals surface area (Å²) in [4.78, 5) is 0. The van der Waals surface area contributed by atoms with E-state index in [1.165, 1.54) is 10.4 Å². The lowest BCUT2D eigenvalue weighted by Gasteiger charge is -2.47. The van der Waals surface area contributed by atoms with Crippen LogP contribution >= 0.6 is 0 Å². The molecule has 51 heavy (non-hydrogen) atoms. The maximum Gasteiger partial charge on any atom is 0.261 e. The van der Waals surface area contributed by atoms with E-state index in [0.29, 0.717) is 26.1 Å². The third-order valence-corrected chi connectivity index (χ3v) is 20.7. The molecule has 8 heteroatoms. The summed E-state index contributed by atoms with van der Waals surface area (Å²) in [7, 11) is -5.12. The number of aliphatic hydroxyl groups excluding tert-OH is 1. The third kappa shape index (κ3) is 11.1. The average Bonchev–Trinajstić information content (AvgIpc) is 3.13. The second-order valence-corrected chi connectivity index (χ2v) is 29.4. The van der Waals surface area contributed by atoms with E-state index in [4.69, 9.17) is 18.3 Å². The van der Waals surface area contributed by atoms with Crippen molar-refractivity contribution in [2.24, 2.45) is 0 Å². The molecular weight excluding hydrogens is 681 g/mol. The molecule has 0 aromatic heterocycles. The third-order valence-electron chi connectivity index (χ3n) is 10.1. The molecule has 0 fully saturated rings. The molecule has 278 valence electrons. The molecule has 0 saturated carbocycles. The molecule has 0 aliphatic carbocycles. The van der Waals surface area contributed by atoms with Crippen LogP contribution in [-0.4, -0.2) is 61.3 Å². The molecule has 0 amide bonds. The fourth-order valence-corrected chi connectivity index (χ4v) is 15.2. The minimum atomic E-state index is -2.82.